The van der Waals surface area contributed by atoms with E-state index in [1.54, 1.807) is 0 Å². The molecule has 0 fully saturated rings. The molecule has 20 heavy (non-hydrogen) atoms. The largest absolute Gasteiger partial charge is 0.310 e. The Balaban J connectivity index is 2.26. The first-order valence-corrected chi connectivity index (χ1v) is 8.01. The van der Waals surface area contributed by atoms with Gasteiger partial charge in [-0.1, -0.05) is 64.3 Å². The summed E-state index contributed by atoms with van der Waals surface area (Å²) in [6.07, 6.45) is 0.951. The zero-order chi connectivity index (χ0) is 14.5. The van der Waals surface area contributed by atoms with Gasteiger partial charge in [-0.3, -0.25) is 0 Å². The van der Waals surface area contributed by atoms with Crippen molar-refractivity contribution in [1.82, 2.24) is 5.32 Å². The summed E-state index contributed by atoms with van der Waals surface area (Å²) >= 11 is 9.61. The third-order valence-corrected chi connectivity index (χ3v) is 4.30. The predicted octanol–water partition coefficient (Wildman–Crippen LogP) is 5.30. The second-order valence-electron chi connectivity index (χ2n) is 4.97. The van der Waals surface area contributed by atoms with Crippen LogP contribution < -0.4 is 5.32 Å². The summed E-state index contributed by atoms with van der Waals surface area (Å²) in [7, 11) is 0. The van der Waals surface area contributed by atoms with Crippen LogP contribution in [0, 0.1) is 6.92 Å². The Hall–Kier alpha value is -0.830. The van der Waals surface area contributed by atoms with Crippen molar-refractivity contribution in [2.45, 2.75) is 26.3 Å². The third kappa shape index (κ3) is 4.08. The Morgan fingerprint density at radius 1 is 1.15 bits per heavy atom. The molecule has 2 aromatic rings. The average molecular weight is 353 g/mol. The van der Waals surface area contributed by atoms with Crippen molar-refractivity contribution in [3.05, 3.63) is 68.7 Å². The van der Waals surface area contributed by atoms with Gasteiger partial charge in [0.1, 0.15) is 0 Å². The van der Waals surface area contributed by atoms with Crippen molar-refractivity contribution in [3.8, 4) is 0 Å². The predicted molar refractivity (Wildman–Crippen MR) is 90.5 cm³/mol. The van der Waals surface area contributed by atoms with E-state index in [0.717, 1.165) is 22.5 Å². The molecule has 0 aliphatic rings. The van der Waals surface area contributed by atoms with Crippen molar-refractivity contribution >= 4 is 27.5 Å². The fraction of sp³-hybridized carbons (Fsp3) is 0.294. The van der Waals surface area contributed by atoms with Gasteiger partial charge in [-0.15, -0.1) is 0 Å². The highest BCUT2D eigenvalue weighted by molar-refractivity contribution is 9.10. The molecule has 0 saturated carbocycles. The van der Waals surface area contributed by atoms with Crippen molar-refractivity contribution in [2.75, 3.05) is 6.54 Å². The molecule has 1 nitrogen and oxygen atoms in total. The number of hydrogen-bond donors (Lipinski definition) is 1. The van der Waals surface area contributed by atoms with Crippen molar-refractivity contribution < 1.29 is 0 Å². The van der Waals surface area contributed by atoms with E-state index >= 15 is 0 Å². The Kier molecular flexibility index (Phi) is 5.64. The van der Waals surface area contributed by atoms with Crippen molar-refractivity contribution in [1.29, 1.82) is 0 Å². The van der Waals surface area contributed by atoms with Gasteiger partial charge in [0.25, 0.3) is 0 Å². The molecular formula is C17H19BrClN. The van der Waals surface area contributed by atoms with E-state index in [1.807, 2.05) is 12.1 Å². The topological polar surface area (TPSA) is 12.0 Å². The molecule has 0 heterocycles. The van der Waals surface area contributed by atoms with E-state index in [-0.39, 0.29) is 0 Å². The first kappa shape index (κ1) is 15.6. The summed E-state index contributed by atoms with van der Waals surface area (Å²) in [5.74, 6) is 0. The molecule has 0 saturated heterocycles. The molecule has 0 spiro atoms. The molecule has 1 atom stereocenters. The first-order chi connectivity index (χ1) is 9.60. The van der Waals surface area contributed by atoms with Crippen LogP contribution in [0.5, 0.6) is 0 Å². The fourth-order valence-electron chi connectivity index (χ4n) is 2.32. The number of nitrogens with one attached hydrogen (secondary N) is 1. The normalized spacial score (nSPS) is 12.4. The molecule has 1 N–H and O–H groups in total. The molecule has 2 rings (SSSR count). The minimum atomic E-state index is 0.301. The molecule has 0 aromatic heterocycles. The van der Waals surface area contributed by atoms with Gasteiger partial charge < -0.3 is 5.32 Å². The van der Waals surface area contributed by atoms with Gasteiger partial charge in [-0.25, -0.2) is 0 Å². The maximum Gasteiger partial charge on any atom is 0.0406 e. The van der Waals surface area contributed by atoms with E-state index in [1.165, 1.54) is 16.7 Å². The number of rotatable bonds is 5. The van der Waals surface area contributed by atoms with Crippen LogP contribution in [0.3, 0.4) is 0 Å². The van der Waals surface area contributed by atoms with Gasteiger partial charge in [0, 0.05) is 15.5 Å². The number of benzene rings is 2. The summed E-state index contributed by atoms with van der Waals surface area (Å²) in [4.78, 5) is 0. The number of halogens is 2. The smallest absolute Gasteiger partial charge is 0.0406 e. The zero-order valence-corrected chi connectivity index (χ0v) is 14.1. The van der Waals surface area contributed by atoms with Gasteiger partial charge in [0.2, 0.25) is 0 Å². The molecule has 3 heteroatoms. The van der Waals surface area contributed by atoms with Crippen LogP contribution in [0.1, 0.15) is 29.7 Å². The lowest BCUT2D eigenvalue weighted by molar-refractivity contribution is 0.547. The lowest BCUT2D eigenvalue weighted by Crippen LogP contribution is -2.23. The summed E-state index contributed by atoms with van der Waals surface area (Å²) in [6, 6.07) is 14.9. The van der Waals surface area contributed by atoms with Gasteiger partial charge in [-0.2, -0.15) is 0 Å². The highest BCUT2D eigenvalue weighted by Gasteiger charge is 2.14. The molecule has 0 radical (unpaired) electrons. The maximum absolute atomic E-state index is 5.95. The van der Waals surface area contributed by atoms with Crippen LogP contribution in [0.15, 0.2) is 46.9 Å². The quantitative estimate of drug-likeness (QED) is 0.769. The van der Waals surface area contributed by atoms with E-state index in [2.05, 4.69) is 65.4 Å². The lowest BCUT2D eigenvalue weighted by Gasteiger charge is -2.20. The first-order valence-electron chi connectivity index (χ1n) is 6.84. The van der Waals surface area contributed by atoms with Gasteiger partial charge in [0.05, 0.1) is 0 Å². The molecule has 106 valence electrons. The van der Waals surface area contributed by atoms with Crippen LogP contribution >= 0.6 is 27.5 Å². The summed E-state index contributed by atoms with van der Waals surface area (Å²) < 4.78 is 1.16. The molecule has 0 aliphatic carbocycles. The van der Waals surface area contributed by atoms with Crippen LogP contribution in [0.4, 0.5) is 0 Å². The summed E-state index contributed by atoms with van der Waals surface area (Å²) in [6.45, 7) is 5.21. The third-order valence-electron chi connectivity index (χ3n) is 3.33. The van der Waals surface area contributed by atoms with Gasteiger partial charge in [-0.05, 0) is 49.2 Å². The molecule has 2 aromatic carbocycles. The molecule has 1 unspecified atom stereocenters. The Morgan fingerprint density at radius 3 is 2.50 bits per heavy atom. The average Bonchev–Trinajstić information content (AvgIpc) is 2.43. The lowest BCUT2D eigenvalue weighted by atomic mass is 9.97. The van der Waals surface area contributed by atoms with Crippen LogP contribution in [0.2, 0.25) is 5.02 Å². The maximum atomic E-state index is 5.95. The summed E-state index contributed by atoms with van der Waals surface area (Å²) in [5.41, 5.74) is 3.87. The van der Waals surface area contributed by atoms with Crippen LogP contribution in [-0.2, 0) is 6.42 Å². The van der Waals surface area contributed by atoms with Crippen molar-refractivity contribution in [3.63, 3.8) is 0 Å². The minimum absolute atomic E-state index is 0.301. The Labute approximate surface area is 134 Å². The zero-order valence-electron chi connectivity index (χ0n) is 11.8. The van der Waals surface area contributed by atoms with E-state index < -0.39 is 0 Å². The van der Waals surface area contributed by atoms with Gasteiger partial charge >= 0.3 is 0 Å². The van der Waals surface area contributed by atoms with Crippen LogP contribution in [0.25, 0.3) is 0 Å². The second-order valence-corrected chi connectivity index (χ2v) is 6.26. The second kappa shape index (κ2) is 7.26. The molecule has 0 aliphatic heterocycles. The van der Waals surface area contributed by atoms with E-state index in [4.69, 9.17) is 11.6 Å². The molecular weight excluding hydrogens is 334 g/mol. The fourth-order valence-corrected chi connectivity index (χ4v) is 2.97. The highest BCUT2D eigenvalue weighted by atomic mass is 79.9. The number of hydrogen-bond acceptors (Lipinski definition) is 1. The standard InChI is InChI=1S/C17H19BrClN/c1-3-20-17(11-13-5-7-14(19)8-6-13)15-10-12(2)4-9-16(15)18/h4-10,17,20H,3,11H2,1-2H3. The number of aryl methyl sites for hydroxylation is 1. The number of likely N-dealkylation sites (N-methyl/N-ethyl adjacent to an activating group) is 1. The van der Waals surface area contributed by atoms with Crippen molar-refractivity contribution in [2.24, 2.45) is 0 Å². The minimum Gasteiger partial charge on any atom is -0.310 e. The Bertz CT molecular complexity index is 566. The highest BCUT2D eigenvalue weighted by Crippen LogP contribution is 2.27. The SMILES string of the molecule is CCNC(Cc1ccc(Cl)cc1)c1cc(C)ccc1Br. The summed E-state index contributed by atoms with van der Waals surface area (Å²) in [5, 5.41) is 4.35. The molecule has 0 bridgehead atoms. The van der Waals surface area contributed by atoms with Crippen LogP contribution in [-0.4, -0.2) is 6.54 Å². The Morgan fingerprint density at radius 2 is 1.85 bits per heavy atom. The molecule has 0 amide bonds. The van der Waals surface area contributed by atoms with Gasteiger partial charge in [0.15, 0.2) is 0 Å². The van der Waals surface area contributed by atoms with E-state index in [0.29, 0.717) is 6.04 Å². The van der Waals surface area contributed by atoms with E-state index in [9.17, 15) is 0 Å². The monoisotopic (exact) mass is 351 g/mol.